The molecule has 0 aliphatic carbocycles. The Balaban J connectivity index is 1.44. The molecule has 0 spiro atoms. The van der Waals surface area contributed by atoms with Crippen molar-refractivity contribution in [3.8, 4) is 22.8 Å². The first-order chi connectivity index (χ1) is 24.5. The van der Waals surface area contributed by atoms with Gasteiger partial charge in [-0.25, -0.2) is 14.6 Å². The summed E-state index contributed by atoms with van der Waals surface area (Å²) in [7, 11) is 0. The Kier molecular flexibility index (Phi) is 11.9. The summed E-state index contributed by atoms with van der Waals surface area (Å²) in [5.41, 5.74) is 1.63. The monoisotopic (exact) mass is 696 g/mol. The zero-order valence-electron chi connectivity index (χ0n) is 29.2. The van der Waals surface area contributed by atoms with Gasteiger partial charge >= 0.3 is 0 Å². The standard InChI is InChI=1S/C36H44N10O5/c1-22(2)19-28-35(50)41-23(3)33-43-31(25-11-6-5-7-12-25)44-46(33)21-29(47)37-15-10-18-45(20-30(48)40-24(4)34(49)42-28)36(51)27-14-9-8-13-26(27)32-38-16-17-39-32/h5-9,11-14,16-17,22-24,28H,10,15,18-21H2,1-4H3,(H,37,47)(H,38,39)(H,40,48)(H,41,50)(H,42,49)/t23-,24+,28+/m0/s1. The Morgan fingerprint density at radius 1 is 0.882 bits per heavy atom. The molecule has 3 heterocycles. The molecule has 51 heavy (non-hydrogen) atoms. The van der Waals surface area contributed by atoms with E-state index in [1.165, 1.54) is 16.5 Å². The summed E-state index contributed by atoms with van der Waals surface area (Å²) in [6.45, 7) is 6.90. The van der Waals surface area contributed by atoms with E-state index >= 15 is 0 Å². The zero-order valence-corrected chi connectivity index (χ0v) is 29.2. The number of fused-ring (bicyclic) bond motifs is 1. The molecule has 0 radical (unpaired) electrons. The first kappa shape index (κ1) is 36.4. The first-order valence-electron chi connectivity index (χ1n) is 17.0. The highest BCUT2D eigenvalue weighted by molar-refractivity contribution is 6.02. The van der Waals surface area contributed by atoms with Crippen LogP contribution in [0.1, 0.15) is 62.8 Å². The molecule has 5 N–H and O–H groups in total. The lowest BCUT2D eigenvalue weighted by Gasteiger charge is -2.26. The fourth-order valence-electron chi connectivity index (χ4n) is 5.81. The minimum absolute atomic E-state index is 0.0449. The van der Waals surface area contributed by atoms with Crippen molar-refractivity contribution in [1.29, 1.82) is 0 Å². The molecule has 2 aromatic heterocycles. The lowest BCUT2D eigenvalue weighted by Crippen LogP contribution is -2.54. The third-order valence-corrected chi connectivity index (χ3v) is 8.34. The van der Waals surface area contributed by atoms with Gasteiger partial charge in [0.25, 0.3) is 5.91 Å². The summed E-state index contributed by atoms with van der Waals surface area (Å²) < 4.78 is 1.46. The van der Waals surface area contributed by atoms with Crippen LogP contribution in [0.15, 0.2) is 67.0 Å². The number of rotatable bonds is 5. The van der Waals surface area contributed by atoms with Crippen LogP contribution in [0.3, 0.4) is 0 Å². The molecule has 15 heteroatoms. The zero-order chi connectivity index (χ0) is 36.5. The smallest absolute Gasteiger partial charge is 0.255 e. The molecule has 0 saturated carbocycles. The van der Waals surface area contributed by atoms with Gasteiger partial charge in [-0.05, 0) is 38.7 Å². The number of nitrogens with one attached hydrogen (secondary N) is 5. The van der Waals surface area contributed by atoms with Gasteiger partial charge in [0.1, 0.15) is 30.3 Å². The van der Waals surface area contributed by atoms with Crippen molar-refractivity contribution in [1.82, 2.24) is 50.9 Å². The van der Waals surface area contributed by atoms with Gasteiger partial charge in [0, 0.05) is 36.6 Å². The van der Waals surface area contributed by atoms with E-state index in [1.54, 1.807) is 43.6 Å². The second-order valence-electron chi connectivity index (χ2n) is 12.9. The number of H-pyrrole nitrogens is 1. The molecule has 268 valence electrons. The number of benzene rings is 2. The van der Waals surface area contributed by atoms with E-state index in [1.807, 2.05) is 44.2 Å². The largest absolute Gasteiger partial charge is 0.354 e. The van der Waals surface area contributed by atoms with E-state index in [4.69, 9.17) is 4.98 Å². The second kappa shape index (κ2) is 16.7. The summed E-state index contributed by atoms with van der Waals surface area (Å²) in [6, 6.07) is 13.6. The highest BCUT2D eigenvalue weighted by atomic mass is 16.2. The maximum atomic E-state index is 14.0. The number of aromatic nitrogens is 5. The Labute approximate surface area is 296 Å². The number of carbonyl (C=O) groups excluding carboxylic acids is 5. The average Bonchev–Trinajstić information content (AvgIpc) is 3.80. The number of carbonyl (C=O) groups is 5. The van der Waals surface area contributed by atoms with E-state index in [0.717, 1.165) is 5.56 Å². The van der Waals surface area contributed by atoms with Gasteiger partial charge in [0.15, 0.2) is 5.82 Å². The molecule has 5 rings (SSSR count). The number of amides is 5. The second-order valence-corrected chi connectivity index (χ2v) is 12.9. The van der Waals surface area contributed by atoms with Crippen LogP contribution in [0.5, 0.6) is 0 Å². The maximum Gasteiger partial charge on any atom is 0.255 e. The third kappa shape index (κ3) is 9.44. The highest BCUT2D eigenvalue weighted by Crippen LogP contribution is 2.22. The highest BCUT2D eigenvalue weighted by Gasteiger charge is 2.29. The summed E-state index contributed by atoms with van der Waals surface area (Å²) in [5, 5.41) is 15.9. The normalized spacial score (nSPS) is 19.9. The number of nitrogens with zero attached hydrogens (tertiary/aromatic N) is 5. The van der Waals surface area contributed by atoms with Crippen LogP contribution < -0.4 is 21.3 Å². The molecule has 0 fully saturated rings. The third-order valence-electron chi connectivity index (χ3n) is 8.34. The first-order valence-corrected chi connectivity index (χ1v) is 17.0. The molecule has 1 aliphatic rings. The summed E-state index contributed by atoms with van der Waals surface area (Å²) >= 11 is 0. The van der Waals surface area contributed by atoms with Crippen LogP contribution in [0.4, 0.5) is 0 Å². The number of aromatic amines is 1. The van der Waals surface area contributed by atoms with Gasteiger partial charge in [-0.3, -0.25) is 24.0 Å². The Hall–Kier alpha value is -5.86. The molecule has 3 atom stereocenters. The molecule has 0 unspecified atom stereocenters. The molecule has 2 aromatic carbocycles. The van der Waals surface area contributed by atoms with Crippen molar-refractivity contribution < 1.29 is 24.0 Å². The fourth-order valence-corrected chi connectivity index (χ4v) is 5.81. The van der Waals surface area contributed by atoms with Crippen LogP contribution in [0, 0.1) is 5.92 Å². The molecule has 0 bridgehead atoms. The molecule has 5 amide bonds. The molecule has 15 nitrogen and oxygen atoms in total. The van der Waals surface area contributed by atoms with Crippen molar-refractivity contribution in [2.24, 2.45) is 5.92 Å². The topological polar surface area (TPSA) is 196 Å². The van der Waals surface area contributed by atoms with Crippen LogP contribution >= 0.6 is 0 Å². The van der Waals surface area contributed by atoms with Crippen molar-refractivity contribution in [2.75, 3.05) is 19.6 Å². The maximum absolute atomic E-state index is 14.0. The summed E-state index contributed by atoms with van der Waals surface area (Å²) in [6.07, 6.45) is 3.89. The van der Waals surface area contributed by atoms with Crippen LogP contribution in [0.25, 0.3) is 22.8 Å². The van der Waals surface area contributed by atoms with E-state index in [9.17, 15) is 24.0 Å². The quantitative estimate of drug-likeness (QED) is 0.209. The van der Waals surface area contributed by atoms with Crippen molar-refractivity contribution in [3.05, 3.63) is 78.4 Å². The van der Waals surface area contributed by atoms with Gasteiger partial charge in [-0.2, -0.15) is 5.10 Å². The van der Waals surface area contributed by atoms with Gasteiger partial charge in [-0.15, -0.1) is 0 Å². The van der Waals surface area contributed by atoms with Crippen LogP contribution in [-0.4, -0.2) is 90.9 Å². The summed E-state index contributed by atoms with van der Waals surface area (Å²) in [4.78, 5) is 80.9. The fraction of sp³-hybridized carbons (Fsp3) is 0.389. The van der Waals surface area contributed by atoms with Gasteiger partial charge in [-0.1, -0.05) is 62.4 Å². The van der Waals surface area contributed by atoms with Gasteiger partial charge in [0.05, 0.1) is 18.2 Å². The minimum Gasteiger partial charge on any atom is -0.354 e. The Morgan fingerprint density at radius 2 is 1.63 bits per heavy atom. The number of hydrogen-bond donors (Lipinski definition) is 5. The Morgan fingerprint density at radius 3 is 2.35 bits per heavy atom. The lowest BCUT2D eigenvalue weighted by atomic mass is 10.0. The van der Waals surface area contributed by atoms with Gasteiger partial charge in [0.2, 0.25) is 23.6 Å². The predicted molar refractivity (Wildman–Crippen MR) is 189 cm³/mol. The van der Waals surface area contributed by atoms with Crippen LogP contribution in [-0.2, 0) is 25.7 Å². The lowest BCUT2D eigenvalue weighted by molar-refractivity contribution is -0.132. The average molecular weight is 697 g/mol. The predicted octanol–water partition coefficient (Wildman–Crippen LogP) is 2.21. The molecule has 1 aliphatic heterocycles. The molecular formula is C36H44N10O5. The van der Waals surface area contributed by atoms with Crippen LogP contribution in [0.2, 0.25) is 0 Å². The number of hydrogen-bond acceptors (Lipinski definition) is 8. The molecular weight excluding hydrogens is 652 g/mol. The Bertz CT molecular complexity index is 1840. The van der Waals surface area contributed by atoms with E-state index in [-0.39, 0.29) is 38.0 Å². The van der Waals surface area contributed by atoms with E-state index in [0.29, 0.717) is 41.4 Å². The number of imidazole rings is 1. The summed E-state index contributed by atoms with van der Waals surface area (Å²) in [5.74, 6) is -1.05. The molecule has 4 aromatic rings. The van der Waals surface area contributed by atoms with Crippen molar-refractivity contribution in [3.63, 3.8) is 0 Å². The molecule has 0 saturated heterocycles. The van der Waals surface area contributed by atoms with Crippen molar-refractivity contribution >= 4 is 29.5 Å². The van der Waals surface area contributed by atoms with Gasteiger partial charge < -0.3 is 31.2 Å². The SMILES string of the molecule is CC(C)C[C@H]1NC(=O)[C@@H](C)NC(=O)CN(C(=O)c2ccccc2-c2ncc[nH]2)CCCNC(=O)Cn2nc(-c3ccccc3)nc2[C@H](C)NC1=O. The van der Waals surface area contributed by atoms with Crippen molar-refractivity contribution in [2.45, 2.75) is 65.2 Å². The minimum atomic E-state index is -1.01. The van der Waals surface area contributed by atoms with E-state index in [2.05, 4.69) is 36.3 Å². The van der Waals surface area contributed by atoms with E-state index < -0.39 is 41.8 Å².